The number of sulfonamides is 1. The molecule has 0 radical (unpaired) electrons. The van der Waals surface area contributed by atoms with Gasteiger partial charge in [-0.1, -0.05) is 18.2 Å². The molecule has 0 heterocycles. The van der Waals surface area contributed by atoms with Gasteiger partial charge < -0.3 is 14.8 Å². The normalized spacial score (nSPS) is 11.0. The fourth-order valence-electron chi connectivity index (χ4n) is 2.89. The number of aryl methyl sites for hydroxylation is 1. The van der Waals surface area contributed by atoms with Crippen LogP contribution in [0.15, 0.2) is 76.5 Å². The first kappa shape index (κ1) is 23.5. The zero-order valence-electron chi connectivity index (χ0n) is 17.9. The summed E-state index contributed by atoms with van der Waals surface area (Å²) < 4.78 is 38.8. The van der Waals surface area contributed by atoms with Crippen LogP contribution in [0, 0.1) is 6.92 Å². The lowest BCUT2D eigenvalue weighted by atomic mass is 10.2. The van der Waals surface area contributed by atoms with Crippen molar-refractivity contribution in [3.63, 3.8) is 0 Å². The third-order valence-corrected chi connectivity index (χ3v) is 7.11. The van der Waals surface area contributed by atoms with Gasteiger partial charge in [-0.15, -0.1) is 11.8 Å². The molecule has 0 atom stereocenters. The Balaban J connectivity index is 1.75. The summed E-state index contributed by atoms with van der Waals surface area (Å²) in [5.74, 6) is 0.732. The Hall–Kier alpha value is -3.17. The van der Waals surface area contributed by atoms with Gasteiger partial charge in [-0.25, -0.2) is 8.42 Å². The van der Waals surface area contributed by atoms with Gasteiger partial charge in [-0.05, 0) is 61.0 Å². The van der Waals surface area contributed by atoms with E-state index >= 15 is 0 Å². The quantitative estimate of drug-likeness (QED) is 0.444. The molecule has 168 valence electrons. The molecule has 0 saturated carbocycles. The molecule has 9 heteroatoms. The van der Waals surface area contributed by atoms with E-state index in [1.807, 2.05) is 31.2 Å². The minimum atomic E-state index is -3.97. The molecule has 2 N–H and O–H groups in total. The summed E-state index contributed by atoms with van der Waals surface area (Å²) in [5, 5.41) is 2.75. The van der Waals surface area contributed by atoms with Crippen molar-refractivity contribution in [2.45, 2.75) is 16.7 Å². The fraction of sp³-hybridized carbons (Fsp3) is 0.174. The lowest BCUT2D eigenvalue weighted by Crippen LogP contribution is -2.17. The smallest absolute Gasteiger partial charge is 0.265 e. The maximum Gasteiger partial charge on any atom is 0.265 e. The van der Waals surface area contributed by atoms with E-state index in [4.69, 9.17) is 9.47 Å². The molecule has 0 saturated heterocycles. The molecule has 1 amide bonds. The molecular formula is C23H24N2O5S2. The second-order valence-electron chi connectivity index (χ2n) is 6.80. The SMILES string of the molecule is COc1ccc(NS(=O)(=O)c2cc(NC(=O)CSc3ccccc3C)ccc2OC)cc1. The van der Waals surface area contributed by atoms with Crippen molar-refractivity contribution >= 4 is 39.1 Å². The Bertz CT molecular complexity index is 1200. The van der Waals surface area contributed by atoms with Crippen LogP contribution in [0.25, 0.3) is 0 Å². The van der Waals surface area contributed by atoms with Gasteiger partial charge in [0.2, 0.25) is 5.91 Å². The van der Waals surface area contributed by atoms with Gasteiger partial charge in [0, 0.05) is 16.3 Å². The van der Waals surface area contributed by atoms with Crippen molar-refractivity contribution in [2.24, 2.45) is 0 Å². The predicted molar refractivity (Wildman–Crippen MR) is 127 cm³/mol. The van der Waals surface area contributed by atoms with E-state index in [0.29, 0.717) is 17.1 Å². The molecule has 7 nitrogen and oxygen atoms in total. The summed E-state index contributed by atoms with van der Waals surface area (Å²) in [7, 11) is -1.05. The number of rotatable bonds is 9. The van der Waals surface area contributed by atoms with Crippen LogP contribution in [0.2, 0.25) is 0 Å². The van der Waals surface area contributed by atoms with Crippen molar-refractivity contribution in [1.29, 1.82) is 0 Å². The number of carbonyl (C=O) groups excluding carboxylic acids is 1. The van der Waals surface area contributed by atoms with Crippen molar-refractivity contribution in [3.8, 4) is 11.5 Å². The molecule has 0 aromatic heterocycles. The Kier molecular flexibility index (Phi) is 7.66. The maximum atomic E-state index is 13.0. The van der Waals surface area contributed by atoms with E-state index in [9.17, 15) is 13.2 Å². The van der Waals surface area contributed by atoms with Crippen molar-refractivity contribution < 1.29 is 22.7 Å². The van der Waals surface area contributed by atoms with Gasteiger partial charge in [0.25, 0.3) is 10.0 Å². The first-order valence-electron chi connectivity index (χ1n) is 9.65. The van der Waals surface area contributed by atoms with Gasteiger partial charge in [0.15, 0.2) is 0 Å². The van der Waals surface area contributed by atoms with E-state index in [0.717, 1.165) is 10.5 Å². The average Bonchev–Trinajstić information content (AvgIpc) is 2.79. The molecule has 0 bridgehead atoms. The molecule has 0 aliphatic heterocycles. The number of benzene rings is 3. The number of ether oxygens (including phenoxy) is 2. The van der Waals surface area contributed by atoms with E-state index in [1.165, 1.54) is 38.1 Å². The second-order valence-corrected chi connectivity index (χ2v) is 9.47. The summed E-state index contributed by atoms with van der Waals surface area (Å²) in [6, 6.07) is 18.8. The summed E-state index contributed by atoms with van der Waals surface area (Å²) in [6.07, 6.45) is 0. The van der Waals surface area contributed by atoms with Crippen molar-refractivity contribution in [3.05, 3.63) is 72.3 Å². The standard InChI is InChI=1S/C23H24N2O5S2/c1-16-6-4-5-7-21(16)31-15-23(26)24-18-10-13-20(30-3)22(14-18)32(27,28)25-17-8-11-19(29-2)12-9-17/h4-14,25H,15H2,1-3H3,(H,24,26). The topological polar surface area (TPSA) is 93.7 Å². The third kappa shape index (κ3) is 5.95. The van der Waals surface area contributed by atoms with Crippen LogP contribution in [0.3, 0.4) is 0 Å². The van der Waals surface area contributed by atoms with Gasteiger partial charge in [0.1, 0.15) is 16.4 Å². The zero-order chi connectivity index (χ0) is 23.1. The first-order valence-corrected chi connectivity index (χ1v) is 12.1. The van der Waals surface area contributed by atoms with E-state index in [1.54, 1.807) is 30.3 Å². The van der Waals surface area contributed by atoms with E-state index in [2.05, 4.69) is 10.0 Å². The first-order chi connectivity index (χ1) is 15.3. The lowest BCUT2D eigenvalue weighted by molar-refractivity contribution is -0.113. The summed E-state index contributed by atoms with van der Waals surface area (Å²) >= 11 is 1.42. The van der Waals surface area contributed by atoms with Crippen molar-refractivity contribution in [1.82, 2.24) is 0 Å². The van der Waals surface area contributed by atoms with Crippen LogP contribution in [-0.4, -0.2) is 34.3 Å². The highest BCUT2D eigenvalue weighted by Gasteiger charge is 2.21. The van der Waals surface area contributed by atoms with Crippen molar-refractivity contribution in [2.75, 3.05) is 30.0 Å². The molecular weight excluding hydrogens is 448 g/mol. The van der Waals surface area contributed by atoms with Crippen LogP contribution in [0.4, 0.5) is 11.4 Å². The minimum Gasteiger partial charge on any atom is -0.497 e. The Morgan fingerprint density at radius 2 is 1.62 bits per heavy atom. The number of hydrogen-bond acceptors (Lipinski definition) is 6. The largest absolute Gasteiger partial charge is 0.497 e. The molecule has 0 spiro atoms. The molecule has 0 fully saturated rings. The highest BCUT2D eigenvalue weighted by Crippen LogP contribution is 2.30. The highest BCUT2D eigenvalue weighted by atomic mass is 32.2. The highest BCUT2D eigenvalue weighted by molar-refractivity contribution is 8.00. The Labute approximate surface area is 192 Å². The number of hydrogen-bond donors (Lipinski definition) is 2. The zero-order valence-corrected chi connectivity index (χ0v) is 19.5. The van der Waals surface area contributed by atoms with Crippen LogP contribution in [0.1, 0.15) is 5.56 Å². The molecule has 0 unspecified atom stereocenters. The number of carbonyl (C=O) groups is 1. The summed E-state index contributed by atoms with van der Waals surface area (Å²) in [4.78, 5) is 13.4. The minimum absolute atomic E-state index is 0.0832. The van der Waals surface area contributed by atoms with Crippen LogP contribution >= 0.6 is 11.8 Å². The molecule has 3 rings (SSSR count). The summed E-state index contributed by atoms with van der Waals surface area (Å²) in [6.45, 7) is 1.98. The average molecular weight is 473 g/mol. The number of methoxy groups -OCH3 is 2. The molecule has 3 aromatic rings. The maximum absolute atomic E-state index is 13.0. The van der Waals surface area contributed by atoms with Gasteiger partial charge in [-0.3, -0.25) is 9.52 Å². The second kappa shape index (κ2) is 10.4. The third-order valence-electron chi connectivity index (χ3n) is 4.53. The summed E-state index contributed by atoms with van der Waals surface area (Å²) in [5.41, 5.74) is 1.82. The fourth-order valence-corrected chi connectivity index (χ4v) is 4.98. The predicted octanol–water partition coefficient (Wildman–Crippen LogP) is 4.54. The lowest BCUT2D eigenvalue weighted by Gasteiger charge is -2.14. The Morgan fingerprint density at radius 1 is 0.938 bits per heavy atom. The van der Waals surface area contributed by atoms with Crippen LogP contribution < -0.4 is 19.5 Å². The van der Waals surface area contributed by atoms with Crippen LogP contribution in [-0.2, 0) is 14.8 Å². The van der Waals surface area contributed by atoms with Crippen LogP contribution in [0.5, 0.6) is 11.5 Å². The number of anilines is 2. The monoisotopic (exact) mass is 472 g/mol. The van der Waals surface area contributed by atoms with Gasteiger partial charge in [0.05, 0.1) is 20.0 Å². The molecule has 0 aliphatic carbocycles. The number of thioether (sulfide) groups is 1. The van der Waals surface area contributed by atoms with Gasteiger partial charge in [-0.2, -0.15) is 0 Å². The number of amides is 1. The number of nitrogens with one attached hydrogen (secondary N) is 2. The molecule has 3 aromatic carbocycles. The van der Waals surface area contributed by atoms with Gasteiger partial charge >= 0.3 is 0 Å². The molecule has 32 heavy (non-hydrogen) atoms. The van der Waals surface area contributed by atoms with E-state index < -0.39 is 10.0 Å². The Morgan fingerprint density at radius 3 is 2.28 bits per heavy atom. The van der Waals surface area contributed by atoms with E-state index in [-0.39, 0.29) is 22.3 Å². The molecule has 0 aliphatic rings.